The Bertz CT molecular complexity index is 831. The molecule has 1 heterocycles. The van der Waals surface area contributed by atoms with Gasteiger partial charge in [-0.1, -0.05) is 41.3 Å². The van der Waals surface area contributed by atoms with Crippen molar-refractivity contribution in [2.75, 3.05) is 25.4 Å². The first-order chi connectivity index (χ1) is 12.5. The van der Waals surface area contributed by atoms with Crippen LogP contribution < -0.4 is 5.32 Å². The molecule has 2 amide bonds. The van der Waals surface area contributed by atoms with Crippen molar-refractivity contribution < 1.29 is 9.59 Å². The van der Waals surface area contributed by atoms with Crippen molar-refractivity contribution in [2.45, 2.75) is 25.1 Å². The summed E-state index contributed by atoms with van der Waals surface area (Å²) in [5.41, 5.74) is 2.03. The second-order valence-corrected chi connectivity index (χ2v) is 8.33. The number of rotatable bonds is 8. The minimum Gasteiger partial charge on any atom is -0.355 e. The molecule has 0 bridgehead atoms. The maximum absolute atomic E-state index is 12.4. The van der Waals surface area contributed by atoms with Gasteiger partial charge in [0.25, 0.3) is 0 Å². The molecule has 1 aromatic carbocycles. The molecule has 0 fully saturated rings. The van der Waals surface area contributed by atoms with Crippen molar-refractivity contribution in [3.05, 3.63) is 33.8 Å². The Hall–Kier alpha value is -1.71. The lowest BCUT2D eigenvalue weighted by atomic mass is 10.2. The van der Waals surface area contributed by atoms with Crippen LogP contribution in [0.4, 0.5) is 0 Å². The van der Waals surface area contributed by atoms with Gasteiger partial charge in [-0.05, 0) is 44.6 Å². The Kier molecular flexibility index (Phi) is 7.80. The van der Waals surface area contributed by atoms with E-state index in [-0.39, 0.29) is 24.1 Å². The molecule has 0 saturated heterocycles. The molecule has 0 atom stereocenters. The molecule has 1 N–H and O–H groups in total. The number of aromatic nitrogens is 2. The summed E-state index contributed by atoms with van der Waals surface area (Å²) in [4.78, 5) is 25.6. The summed E-state index contributed by atoms with van der Waals surface area (Å²) in [5.74, 6) is -0.0111. The first-order valence-electron chi connectivity index (χ1n) is 8.29. The normalized spacial score (nSPS) is 10.6. The highest BCUT2D eigenvalue weighted by Crippen LogP contribution is 2.25. The first-order valence-corrected chi connectivity index (χ1v) is 10.5. The molecule has 6 nitrogen and oxygen atoms in total. The van der Waals surface area contributed by atoms with E-state index in [9.17, 15) is 9.59 Å². The zero-order valence-electron chi connectivity index (χ0n) is 15.0. The largest absolute Gasteiger partial charge is 0.355 e. The Morgan fingerprint density at radius 2 is 2.08 bits per heavy atom. The lowest BCUT2D eigenvalue weighted by molar-refractivity contribution is -0.133. The molecule has 2 aromatic rings. The number of para-hydroxylation sites is 1. The van der Waals surface area contributed by atoms with Crippen LogP contribution in [0.3, 0.4) is 0 Å². The molecule has 1 aromatic heterocycles. The zero-order chi connectivity index (χ0) is 19.1. The Morgan fingerprint density at radius 3 is 2.73 bits per heavy atom. The smallest absolute Gasteiger partial charge is 0.239 e. The van der Waals surface area contributed by atoms with Gasteiger partial charge in [0, 0.05) is 13.1 Å². The first kappa shape index (κ1) is 20.6. The summed E-state index contributed by atoms with van der Waals surface area (Å²) < 4.78 is 3.11. The van der Waals surface area contributed by atoms with Crippen LogP contribution in [0.2, 0.25) is 0 Å². The molecule has 0 unspecified atom stereocenters. The number of hydrogen-bond donors (Lipinski definition) is 1. The summed E-state index contributed by atoms with van der Waals surface area (Å²) in [6.07, 6.45) is 0. The summed E-state index contributed by atoms with van der Waals surface area (Å²) in [5, 5.41) is 7.24. The van der Waals surface area contributed by atoms with Gasteiger partial charge >= 0.3 is 0 Å². The number of carbonyl (C=O) groups is 2. The van der Waals surface area contributed by atoms with E-state index >= 15 is 0 Å². The van der Waals surface area contributed by atoms with E-state index in [1.54, 1.807) is 4.68 Å². The molecule has 0 saturated carbocycles. The van der Waals surface area contributed by atoms with Gasteiger partial charge in [0.1, 0.15) is 0 Å². The van der Waals surface area contributed by atoms with Gasteiger partial charge in [-0.25, -0.2) is 4.68 Å². The van der Waals surface area contributed by atoms with Crippen molar-refractivity contribution in [3.8, 4) is 5.69 Å². The van der Waals surface area contributed by atoms with Gasteiger partial charge in [-0.3, -0.25) is 9.59 Å². The van der Waals surface area contributed by atoms with E-state index in [4.69, 9.17) is 12.2 Å². The van der Waals surface area contributed by atoms with E-state index in [0.29, 0.717) is 17.0 Å². The molecule has 0 radical (unpaired) electrons. The predicted octanol–water partition coefficient (Wildman–Crippen LogP) is 3.05. The van der Waals surface area contributed by atoms with Crippen molar-refractivity contribution in [1.29, 1.82) is 0 Å². The monoisotopic (exact) mass is 410 g/mol. The Balaban J connectivity index is 2.02. The molecule has 9 heteroatoms. The van der Waals surface area contributed by atoms with E-state index in [1.807, 2.05) is 45.0 Å². The second-order valence-electron chi connectivity index (χ2n) is 5.48. The van der Waals surface area contributed by atoms with Gasteiger partial charge < -0.3 is 10.2 Å². The molecule has 0 spiro atoms. The van der Waals surface area contributed by atoms with Gasteiger partial charge in [0.2, 0.25) is 11.8 Å². The van der Waals surface area contributed by atoms with Gasteiger partial charge in [0.15, 0.2) is 8.29 Å². The number of benzene rings is 1. The number of nitrogens with zero attached hydrogens (tertiary/aromatic N) is 3. The number of amides is 2. The highest BCUT2D eigenvalue weighted by Gasteiger charge is 2.17. The fraction of sp³-hybridized carbons (Fsp3) is 0.412. The number of thioether (sulfide) groups is 1. The van der Waals surface area contributed by atoms with E-state index in [0.717, 1.165) is 15.6 Å². The standard InChI is InChI=1S/C17H22N4O2S3/c1-4-18-14(22)10-20(5-2)15(23)11-25-16-19-21(17(24)26-16)13-9-7-6-8-12(13)3/h6-9H,4-5,10-11H2,1-3H3,(H,18,22). The topological polar surface area (TPSA) is 67.2 Å². The minimum atomic E-state index is -0.146. The third kappa shape index (κ3) is 5.39. The number of nitrogens with one attached hydrogen (secondary N) is 1. The lowest BCUT2D eigenvalue weighted by Gasteiger charge is -2.19. The average molecular weight is 411 g/mol. The number of carbonyl (C=O) groups excluding carboxylic acids is 2. The van der Waals surface area contributed by atoms with Crippen molar-refractivity contribution in [3.63, 3.8) is 0 Å². The Labute approximate surface area is 166 Å². The number of hydrogen-bond acceptors (Lipinski definition) is 6. The quantitative estimate of drug-likeness (QED) is 0.535. The molecule has 2 rings (SSSR count). The average Bonchev–Trinajstić information content (AvgIpc) is 2.99. The summed E-state index contributed by atoms with van der Waals surface area (Å²) >= 11 is 8.14. The molecule has 26 heavy (non-hydrogen) atoms. The SMILES string of the molecule is CCNC(=O)CN(CC)C(=O)CSc1nn(-c2ccccc2C)c(=S)s1. The fourth-order valence-corrected chi connectivity index (χ4v) is 4.54. The van der Waals surface area contributed by atoms with E-state index in [1.165, 1.54) is 28.0 Å². The summed E-state index contributed by atoms with van der Waals surface area (Å²) in [6, 6.07) is 7.89. The fourth-order valence-electron chi connectivity index (χ4n) is 2.29. The van der Waals surface area contributed by atoms with Crippen LogP contribution in [0.1, 0.15) is 19.4 Å². The highest BCUT2D eigenvalue weighted by atomic mass is 32.2. The third-order valence-electron chi connectivity index (χ3n) is 3.63. The van der Waals surface area contributed by atoms with Crippen LogP contribution in [0.5, 0.6) is 0 Å². The van der Waals surface area contributed by atoms with E-state index < -0.39 is 0 Å². The van der Waals surface area contributed by atoms with E-state index in [2.05, 4.69) is 10.4 Å². The molecular weight excluding hydrogens is 388 g/mol. The minimum absolute atomic E-state index is 0.0805. The molecule has 140 valence electrons. The molecule has 0 aliphatic rings. The third-order valence-corrected chi connectivity index (χ3v) is 5.99. The molecular formula is C17H22N4O2S3. The van der Waals surface area contributed by atoms with Gasteiger partial charge in [-0.15, -0.1) is 5.10 Å². The van der Waals surface area contributed by atoms with Crippen LogP contribution in [0.25, 0.3) is 5.69 Å². The number of likely N-dealkylation sites (N-methyl/N-ethyl adjacent to an activating group) is 2. The number of aryl methyl sites for hydroxylation is 1. The van der Waals surface area contributed by atoms with Crippen molar-refractivity contribution in [1.82, 2.24) is 20.0 Å². The molecule has 0 aliphatic carbocycles. The summed E-state index contributed by atoms with van der Waals surface area (Å²) in [7, 11) is 0. The predicted molar refractivity (Wildman–Crippen MR) is 109 cm³/mol. The maximum atomic E-state index is 12.4. The van der Waals surface area contributed by atoms with Gasteiger partial charge in [0.05, 0.1) is 18.0 Å². The Morgan fingerprint density at radius 1 is 1.35 bits per heavy atom. The highest BCUT2D eigenvalue weighted by molar-refractivity contribution is 8.01. The van der Waals surface area contributed by atoms with Crippen molar-refractivity contribution in [2.24, 2.45) is 0 Å². The maximum Gasteiger partial charge on any atom is 0.239 e. The van der Waals surface area contributed by atoms with Crippen LogP contribution in [0, 0.1) is 10.9 Å². The molecule has 0 aliphatic heterocycles. The van der Waals surface area contributed by atoms with Crippen LogP contribution in [0.15, 0.2) is 28.6 Å². The van der Waals surface area contributed by atoms with Gasteiger partial charge in [-0.2, -0.15) is 0 Å². The van der Waals surface area contributed by atoms with Crippen molar-refractivity contribution >= 4 is 47.1 Å². The second kappa shape index (κ2) is 9.84. The zero-order valence-corrected chi connectivity index (χ0v) is 17.5. The lowest BCUT2D eigenvalue weighted by Crippen LogP contribution is -2.41. The van der Waals surface area contributed by atoms with Crippen LogP contribution >= 0.6 is 35.3 Å². The summed E-state index contributed by atoms with van der Waals surface area (Å²) in [6.45, 7) is 6.84. The van der Waals surface area contributed by atoms with Crippen LogP contribution in [-0.2, 0) is 9.59 Å². The van der Waals surface area contributed by atoms with Crippen LogP contribution in [-0.4, -0.2) is 51.9 Å².